The quantitative estimate of drug-likeness (QED) is 0.0767. The van der Waals surface area contributed by atoms with E-state index in [4.69, 9.17) is 30.4 Å². The number of aromatic nitrogens is 8. The highest BCUT2D eigenvalue weighted by Crippen LogP contribution is 2.31. The van der Waals surface area contributed by atoms with Gasteiger partial charge >= 0.3 is 0 Å². The Bertz CT molecular complexity index is 2800. The van der Waals surface area contributed by atoms with Crippen molar-refractivity contribution in [2.75, 3.05) is 41.0 Å². The number of benzene rings is 2. The molecule has 6 N–H and O–H groups in total. The molecule has 7 heterocycles. The van der Waals surface area contributed by atoms with Gasteiger partial charge in [0.05, 0.1) is 46.8 Å². The Morgan fingerprint density at radius 2 is 1.56 bits per heavy atom. The molecule has 1 aliphatic heterocycles. The summed E-state index contributed by atoms with van der Waals surface area (Å²) in [4.78, 5) is 36.3. The number of nitrogens with one attached hydrogen (secondary N) is 5. The van der Waals surface area contributed by atoms with Crippen LogP contribution in [0.4, 0.5) is 23.3 Å². The first-order valence-electron chi connectivity index (χ1n) is 21.0. The molecule has 2 aromatic carbocycles. The smallest absolute Gasteiger partial charge is 0.182 e. The molecule has 1 saturated heterocycles. The Morgan fingerprint density at radius 1 is 0.820 bits per heavy atom. The van der Waals surface area contributed by atoms with Crippen molar-refractivity contribution < 1.29 is 9.84 Å². The number of H-pyrrole nitrogens is 2. The van der Waals surface area contributed by atoms with Gasteiger partial charge in [-0.2, -0.15) is 0 Å². The molecule has 0 spiro atoms. The van der Waals surface area contributed by atoms with Crippen molar-refractivity contribution in [1.29, 1.82) is 0 Å². The average Bonchev–Trinajstić information content (AvgIpc) is 3.93. The van der Waals surface area contributed by atoms with Crippen LogP contribution in [0.3, 0.4) is 0 Å². The van der Waals surface area contributed by atoms with Gasteiger partial charge in [0, 0.05) is 54.4 Å². The Morgan fingerprint density at radius 3 is 2.36 bits per heavy atom. The molecule has 0 unspecified atom stereocenters. The minimum absolute atomic E-state index is 0.232. The number of ether oxygens (including phenoxy) is 1. The number of hydrogen-bond donors (Lipinski definition) is 6. The van der Waals surface area contributed by atoms with Crippen LogP contribution < -0.4 is 25.6 Å². The van der Waals surface area contributed by atoms with Crippen molar-refractivity contribution >= 4 is 83.1 Å². The van der Waals surface area contributed by atoms with Gasteiger partial charge in [0.2, 0.25) is 0 Å². The molecule has 2 fully saturated rings. The van der Waals surface area contributed by atoms with E-state index in [0.717, 1.165) is 70.8 Å². The number of aromatic amines is 2. The van der Waals surface area contributed by atoms with Crippen molar-refractivity contribution in [1.82, 2.24) is 39.9 Å². The molecule has 4 radical (unpaired) electrons. The molecule has 61 heavy (non-hydrogen) atoms. The molecule has 306 valence electrons. The van der Waals surface area contributed by atoms with Crippen molar-refractivity contribution in [3.05, 3.63) is 102 Å². The number of aliphatic hydroxyl groups is 1. The van der Waals surface area contributed by atoms with Crippen LogP contribution in [-0.2, 0) is 11.9 Å². The molecular weight excluding hydrogens is 762 g/mol. The molecule has 0 atom stereocenters. The van der Waals surface area contributed by atoms with E-state index in [2.05, 4.69) is 63.7 Å². The van der Waals surface area contributed by atoms with Gasteiger partial charge in [-0.15, -0.1) is 0 Å². The van der Waals surface area contributed by atoms with Crippen LogP contribution in [-0.4, -0.2) is 93.0 Å². The van der Waals surface area contributed by atoms with Gasteiger partial charge in [-0.25, -0.2) is 29.9 Å². The van der Waals surface area contributed by atoms with E-state index in [-0.39, 0.29) is 6.10 Å². The van der Waals surface area contributed by atoms with Crippen LogP contribution >= 0.6 is 0 Å². The van der Waals surface area contributed by atoms with Crippen LogP contribution in [0.2, 0.25) is 0 Å². The van der Waals surface area contributed by atoms with Crippen molar-refractivity contribution in [2.45, 2.75) is 75.9 Å². The number of fused-ring (bicyclic) bond motifs is 4. The van der Waals surface area contributed by atoms with E-state index in [9.17, 15) is 5.11 Å². The lowest BCUT2D eigenvalue weighted by molar-refractivity contribution is 0.145. The lowest BCUT2D eigenvalue weighted by Crippen LogP contribution is -2.37. The fourth-order valence-electron chi connectivity index (χ4n) is 8.44. The van der Waals surface area contributed by atoms with Gasteiger partial charge < -0.3 is 40.7 Å². The SMILES string of the molecule is COc1ccc(CNc2cnc3ccc(NC4CCCCC4)nc3n2)c2c(C)c[nH]c12.[B]C([B])(Nc1cnc2ccc(N3CCC(O)CC3)nc2n1)c1cccc2[nH]ccc12. The summed E-state index contributed by atoms with van der Waals surface area (Å²) in [5.41, 5.74) is 7.75. The maximum absolute atomic E-state index is 9.73. The monoisotopic (exact) mass is 810 g/mol. The summed E-state index contributed by atoms with van der Waals surface area (Å²) in [7, 11) is 14.6. The second-order valence-corrected chi connectivity index (χ2v) is 16.0. The fraction of sp³-hybridized carbons (Fsp3) is 0.333. The number of pyridine rings is 2. The first-order valence-corrected chi connectivity index (χ1v) is 21.0. The van der Waals surface area contributed by atoms with Crippen LogP contribution in [0.5, 0.6) is 5.75 Å². The Hall–Kier alpha value is -6.41. The second kappa shape index (κ2) is 17.3. The first kappa shape index (κ1) is 40.0. The molecular formula is C45H48B2N12O2. The summed E-state index contributed by atoms with van der Waals surface area (Å²) in [5.74, 6) is 3.71. The van der Waals surface area contributed by atoms with E-state index >= 15 is 0 Å². The number of piperidine rings is 1. The number of nitrogens with zero attached hydrogens (tertiary/aromatic N) is 7. The summed E-state index contributed by atoms with van der Waals surface area (Å²) in [6.07, 6.45) is 14.8. The minimum atomic E-state index is -1.34. The largest absolute Gasteiger partial charge is 0.495 e. The van der Waals surface area contributed by atoms with Crippen LogP contribution in [0.25, 0.3) is 44.1 Å². The third kappa shape index (κ3) is 8.76. The zero-order valence-corrected chi connectivity index (χ0v) is 34.4. The zero-order chi connectivity index (χ0) is 41.9. The van der Waals surface area contributed by atoms with E-state index in [0.29, 0.717) is 41.0 Å². The van der Waals surface area contributed by atoms with Gasteiger partial charge in [-0.3, -0.25) is 0 Å². The molecule has 1 aliphatic carbocycles. The predicted molar refractivity (Wildman–Crippen MR) is 245 cm³/mol. The van der Waals surface area contributed by atoms with Gasteiger partial charge in [0.15, 0.2) is 11.3 Å². The van der Waals surface area contributed by atoms with Gasteiger partial charge in [-0.1, -0.05) is 37.5 Å². The normalized spacial score (nSPS) is 15.2. The number of aryl methyl sites for hydroxylation is 1. The van der Waals surface area contributed by atoms with Crippen molar-refractivity contribution in [3.8, 4) is 5.75 Å². The molecule has 10 rings (SSSR count). The minimum Gasteiger partial charge on any atom is -0.495 e. The van der Waals surface area contributed by atoms with E-state index < -0.39 is 5.34 Å². The number of hydrogen-bond acceptors (Lipinski definition) is 12. The van der Waals surface area contributed by atoms with Gasteiger partial charge in [-0.05, 0) is 97.1 Å². The summed E-state index contributed by atoms with van der Waals surface area (Å²) in [6, 6.07) is 20.1. The summed E-state index contributed by atoms with van der Waals surface area (Å²) in [6.45, 7) is 4.27. The molecule has 14 nitrogen and oxygen atoms in total. The Balaban J connectivity index is 0.000000156. The lowest BCUT2D eigenvalue weighted by atomic mass is 9.57. The summed E-state index contributed by atoms with van der Waals surface area (Å²) in [5, 5.41) is 20.6. The van der Waals surface area contributed by atoms with Crippen molar-refractivity contribution in [2.24, 2.45) is 0 Å². The lowest BCUT2D eigenvalue weighted by Gasteiger charge is -2.30. The second-order valence-electron chi connectivity index (χ2n) is 16.0. The van der Waals surface area contributed by atoms with Crippen LogP contribution in [0.15, 0.2) is 85.5 Å². The van der Waals surface area contributed by atoms with Crippen LogP contribution in [0.1, 0.15) is 61.6 Å². The van der Waals surface area contributed by atoms with E-state index in [1.165, 1.54) is 48.6 Å². The van der Waals surface area contributed by atoms with Gasteiger partial charge in [0.1, 0.15) is 40.1 Å². The van der Waals surface area contributed by atoms with Crippen LogP contribution in [0, 0.1) is 6.92 Å². The van der Waals surface area contributed by atoms with E-state index in [1.54, 1.807) is 19.5 Å². The molecule has 6 aromatic heterocycles. The molecule has 8 aromatic rings. The first-order chi connectivity index (χ1) is 29.7. The fourth-order valence-corrected chi connectivity index (χ4v) is 8.44. The van der Waals surface area contributed by atoms with Crippen molar-refractivity contribution in [3.63, 3.8) is 0 Å². The number of methoxy groups -OCH3 is 1. The topological polar surface area (TPSA) is 178 Å². The Kier molecular flexibility index (Phi) is 11.3. The molecule has 1 saturated carbocycles. The molecule has 0 bridgehead atoms. The van der Waals surface area contributed by atoms with E-state index in [1.807, 2.05) is 67.0 Å². The highest BCUT2D eigenvalue weighted by atomic mass is 16.5. The number of aliphatic hydroxyl groups excluding tert-OH is 1. The maximum Gasteiger partial charge on any atom is 0.182 e. The third-order valence-electron chi connectivity index (χ3n) is 11.7. The summed E-state index contributed by atoms with van der Waals surface area (Å²) >= 11 is 0. The zero-order valence-electron chi connectivity index (χ0n) is 34.4. The molecule has 16 heteroatoms. The molecule has 0 amide bonds. The Labute approximate surface area is 356 Å². The summed E-state index contributed by atoms with van der Waals surface area (Å²) < 4.78 is 5.48. The standard InChI is InChI=1S/C24H28N6O.C21H20B2N6O/c1-15-12-27-23-19(31-2)10-8-16(22(15)23)13-26-21-14-25-18-9-11-20(29-24(18)30-21)28-17-6-4-3-5-7-17;22-21(23,15-2-1-3-16-14(15)6-9-24-16)28-18-12-25-17-4-5-19(27-20(17)26-18)29-10-7-13(30)8-11-29/h8-12,14,17,27H,3-7,13H2,1-2H3,(H2,26,28,29,30);1-6,9,12-13,24,30H,7-8,10-11H2,(H,26,27,28). The third-order valence-corrected chi connectivity index (χ3v) is 11.7. The van der Waals surface area contributed by atoms with Gasteiger partial charge in [0.25, 0.3) is 0 Å². The predicted octanol–water partition coefficient (Wildman–Crippen LogP) is 7.21. The number of anilines is 4. The average molecular weight is 811 g/mol. The molecule has 2 aliphatic rings. The maximum atomic E-state index is 9.73. The number of rotatable bonds is 10. The highest BCUT2D eigenvalue weighted by molar-refractivity contribution is 6.42. The highest BCUT2D eigenvalue weighted by Gasteiger charge is 2.24.